The molecule has 6 heteroatoms. The zero-order valence-electron chi connectivity index (χ0n) is 16.9. The molecule has 3 aromatic rings. The van der Waals surface area contributed by atoms with Crippen molar-refractivity contribution in [2.45, 2.75) is 25.3 Å². The van der Waals surface area contributed by atoms with Crippen molar-refractivity contribution in [3.8, 4) is 5.75 Å². The zero-order chi connectivity index (χ0) is 19.7. The minimum Gasteiger partial charge on any atom is -0.493 e. The van der Waals surface area contributed by atoms with Gasteiger partial charge in [-0.05, 0) is 30.2 Å². The fourth-order valence-electron chi connectivity index (χ4n) is 3.51. The van der Waals surface area contributed by atoms with E-state index in [1.165, 1.54) is 11.1 Å². The van der Waals surface area contributed by atoms with Gasteiger partial charge in [-0.25, -0.2) is 0 Å². The molecule has 158 valence electrons. The van der Waals surface area contributed by atoms with Gasteiger partial charge in [0.05, 0.1) is 18.9 Å². The molecule has 0 fully saturated rings. The minimum absolute atomic E-state index is 0. The van der Waals surface area contributed by atoms with E-state index < -0.39 is 0 Å². The van der Waals surface area contributed by atoms with E-state index >= 15 is 0 Å². The van der Waals surface area contributed by atoms with Gasteiger partial charge in [0.1, 0.15) is 11.5 Å². The molecule has 4 rings (SSSR count). The van der Waals surface area contributed by atoms with Crippen molar-refractivity contribution < 1.29 is 9.15 Å². The number of fused-ring (bicyclic) bond motifs is 1. The van der Waals surface area contributed by atoms with Gasteiger partial charge < -0.3 is 19.8 Å². The monoisotopic (exact) mass is 517 g/mol. The number of rotatable bonds is 7. The third-order valence-corrected chi connectivity index (χ3v) is 5.03. The van der Waals surface area contributed by atoms with Crippen molar-refractivity contribution in [3.63, 3.8) is 0 Å². The molecule has 1 atom stereocenters. The number of halogens is 1. The van der Waals surface area contributed by atoms with E-state index in [-0.39, 0.29) is 30.0 Å². The molecule has 2 N–H and O–H groups in total. The fourth-order valence-corrected chi connectivity index (χ4v) is 3.51. The first kappa shape index (κ1) is 22.2. The van der Waals surface area contributed by atoms with E-state index in [4.69, 9.17) is 14.1 Å². The van der Waals surface area contributed by atoms with Crippen molar-refractivity contribution >= 4 is 29.9 Å². The highest BCUT2D eigenvalue weighted by atomic mass is 127. The number of guanidine groups is 1. The van der Waals surface area contributed by atoms with E-state index in [0.717, 1.165) is 43.3 Å². The summed E-state index contributed by atoms with van der Waals surface area (Å²) in [5, 5.41) is 7.10. The van der Waals surface area contributed by atoms with Gasteiger partial charge in [0.2, 0.25) is 0 Å². The van der Waals surface area contributed by atoms with Crippen LogP contribution in [-0.2, 0) is 12.8 Å². The van der Waals surface area contributed by atoms with Gasteiger partial charge in [-0.3, -0.25) is 4.99 Å². The molecule has 0 radical (unpaired) electrons. The van der Waals surface area contributed by atoms with Crippen LogP contribution in [0, 0.1) is 0 Å². The molecule has 1 aromatic heterocycles. The summed E-state index contributed by atoms with van der Waals surface area (Å²) in [6, 6.07) is 22.8. The number of nitrogens with one attached hydrogen (secondary N) is 2. The minimum atomic E-state index is 0. The maximum atomic E-state index is 5.79. The summed E-state index contributed by atoms with van der Waals surface area (Å²) >= 11 is 0. The second-order valence-corrected chi connectivity index (χ2v) is 7.09. The molecule has 0 bridgehead atoms. The topological polar surface area (TPSA) is 58.8 Å². The standard InChI is InChI=1S/C24H27N3O2.HI/c1-2-7-19(8-3-1)12-15-25-24(26-16-13-20-9-6-17-28-20)27-22-14-18-29-23-11-5-4-10-21(22)23;/h1-11,17,22H,12-16,18H2,(H2,25,26,27);1H. The lowest BCUT2D eigenvalue weighted by molar-refractivity contribution is 0.261. The van der Waals surface area contributed by atoms with Crippen LogP contribution in [0.1, 0.15) is 29.3 Å². The van der Waals surface area contributed by atoms with Crippen LogP contribution in [0.15, 0.2) is 82.4 Å². The first-order valence-electron chi connectivity index (χ1n) is 10.2. The Hall–Kier alpha value is -2.48. The average molecular weight is 517 g/mol. The van der Waals surface area contributed by atoms with Crippen molar-refractivity contribution in [3.05, 3.63) is 89.9 Å². The van der Waals surface area contributed by atoms with Gasteiger partial charge in [-0.2, -0.15) is 0 Å². The van der Waals surface area contributed by atoms with Gasteiger partial charge >= 0.3 is 0 Å². The van der Waals surface area contributed by atoms with E-state index in [2.05, 4.69) is 47.0 Å². The van der Waals surface area contributed by atoms with Crippen LogP contribution in [0.25, 0.3) is 0 Å². The van der Waals surface area contributed by atoms with Crippen LogP contribution in [-0.4, -0.2) is 25.7 Å². The molecule has 1 unspecified atom stereocenters. The number of ether oxygens (including phenoxy) is 1. The molecule has 2 aromatic carbocycles. The smallest absolute Gasteiger partial charge is 0.191 e. The van der Waals surface area contributed by atoms with Gasteiger partial charge in [0.15, 0.2) is 5.96 Å². The first-order chi connectivity index (χ1) is 14.4. The zero-order valence-corrected chi connectivity index (χ0v) is 19.3. The van der Waals surface area contributed by atoms with Gasteiger partial charge in [-0.1, -0.05) is 48.5 Å². The normalized spacial score (nSPS) is 15.5. The van der Waals surface area contributed by atoms with E-state index in [9.17, 15) is 0 Å². The summed E-state index contributed by atoms with van der Waals surface area (Å²) in [4.78, 5) is 4.79. The summed E-state index contributed by atoms with van der Waals surface area (Å²) in [6.45, 7) is 2.19. The van der Waals surface area contributed by atoms with Crippen molar-refractivity contribution in [2.75, 3.05) is 19.7 Å². The number of furan rings is 1. The Kier molecular flexibility index (Phi) is 8.62. The van der Waals surface area contributed by atoms with E-state index in [1.54, 1.807) is 6.26 Å². The summed E-state index contributed by atoms with van der Waals surface area (Å²) in [5.74, 6) is 2.73. The lowest BCUT2D eigenvalue weighted by Gasteiger charge is -2.28. The van der Waals surface area contributed by atoms with Crippen LogP contribution in [0.3, 0.4) is 0 Å². The summed E-state index contributed by atoms with van der Waals surface area (Å²) in [5.41, 5.74) is 2.49. The highest BCUT2D eigenvalue weighted by Crippen LogP contribution is 2.31. The molecule has 0 aliphatic carbocycles. The van der Waals surface area contributed by atoms with Crippen LogP contribution in [0.2, 0.25) is 0 Å². The number of aliphatic imine (C=N–C) groups is 1. The second kappa shape index (κ2) is 11.6. The second-order valence-electron chi connectivity index (χ2n) is 7.09. The summed E-state index contributed by atoms with van der Waals surface area (Å²) < 4.78 is 11.2. The Balaban J connectivity index is 0.00000256. The first-order valence-corrected chi connectivity index (χ1v) is 10.2. The van der Waals surface area contributed by atoms with Gasteiger partial charge in [0.25, 0.3) is 0 Å². The number of nitrogens with zero attached hydrogens (tertiary/aromatic N) is 1. The molecule has 0 saturated heterocycles. The summed E-state index contributed by atoms with van der Waals surface area (Å²) in [6.07, 6.45) is 4.34. The Morgan fingerprint density at radius 2 is 1.80 bits per heavy atom. The number of hydrogen-bond acceptors (Lipinski definition) is 3. The van der Waals surface area contributed by atoms with Crippen LogP contribution in [0.5, 0.6) is 5.75 Å². The molecule has 0 saturated carbocycles. The quantitative estimate of drug-likeness (QED) is 0.270. The molecule has 0 spiro atoms. The molecular formula is C24H28IN3O2. The van der Waals surface area contributed by atoms with Crippen LogP contribution >= 0.6 is 24.0 Å². The molecule has 5 nitrogen and oxygen atoms in total. The summed E-state index contributed by atoms with van der Waals surface area (Å²) in [7, 11) is 0. The highest BCUT2D eigenvalue weighted by Gasteiger charge is 2.21. The average Bonchev–Trinajstić information content (AvgIpc) is 3.28. The van der Waals surface area contributed by atoms with E-state index in [0.29, 0.717) is 13.2 Å². The Bertz CT molecular complexity index is 913. The predicted molar refractivity (Wildman–Crippen MR) is 131 cm³/mol. The molecule has 30 heavy (non-hydrogen) atoms. The van der Waals surface area contributed by atoms with Crippen molar-refractivity contribution in [2.24, 2.45) is 4.99 Å². The number of benzene rings is 2. The lowest BCUT2D eigenvalue weighted by Crippen LogP contribution is -2.42. The third-order valence-electron chi connectivity index (χ3n) is 5.03. The Morgan fingerprint density at radius 1 is 0.967 bits per heavy atom. The third kappa shape index (κ3) is 6.26. The van der Waals surface area contributed by atoms with Crippen LogP contribution in [0.4, 0.5) is 0 Å². The van der Waals surface area contributed by atoms with Crippen molar-refractivity contribution in [1.29, 1.82) is 0 Å². The number of hydrogen-bond donors (Lipinski definition) is 2. The maximum absolute atomic E-state index is 5.79. The fraction of sp³-hybridized carbons (Fsp3) is 0.292. The number of para-hydroxylation sites is 1. The van der Waals surface area contributed by atoms with Crippen molar-refractivity contribution in [1.82, 2.24) is 10.6 Å². The molecule has 1 aliphatic heterocycles. The maximum Gasteiger partial charge on any atom is 0.191 e. The van der Waals surface area contributed by atoms with E-state index in [1.807, 2.05) is 30.3 Å². The molecule has 1 aliphatic rings. The largest absolute Gasteiger partial charge is 0.493 e. The Labute approximate surface area is 195 Å². The molecule has 2 heterocycles. The molecule has 0 amide bonds. The SMILES string of the molecule is I.c1ccc(CCNC(=NCCc2ccco2)NC2CCOc3ccccc32)cc1. The molecular weight excluding hydrogens is 489 g/mol. The Morgan fingerprint density at radius 3 is 2.63 bits per heavy atom. The van der Waals surface area contributed by atoms with Gasteiger partial charge in [-0.15, -0.1) is 24.0 Å². The van der Waals surface area contributed by atoms with Crippen LogP contribution < -0.4 is 15.4 Å². The predicted octanol–water partition coefficient (Wildman–Crippen LogP) is 4.74. The highest BCUT2D eigenvalue weighted by molar-refractivity contribution is 14.0. The van der Waals surface area contributed by atoms with Gasteiger partial charge in [0, 0.05) is 31.5 Å². The lowest BCUT2D eigenvalue weighted by atomic mass is 10.0.